The largest absolute Gasteiger partial charge is 0.497 e. The highest BCUT2D eigenvalue weighted by atomic mass is 16.5. The van der Waals surface area contributed by atoms with Gasteiger partial charge >= 0.3 is 0 Å². The lowest BCUT2D eigenvalue weighted by molar-refractivity contribution is -0.121. The van der Waals surface area contributed by atoms with Gasteiger partial charge in [0.25, 0.3) is 5.91 Å². The number of methoxy groups -OCH3 is 1. The number of carbonyl (C=O) groups is 2. The third kappa shape index (κ3) is 2.86. The Kier molecular flexibility index (Phi) is 4.30. The molecule has 1 atom stereocenters. The molecule has 0 aliphatic rings. The minimum atomic E-state index is -0.686. The summed E-state index contributed by atoms with van der Waals surface area (Å²) in [7, 11) is 3.13. The van der Waals surface area contributed by atoms with Crippen molar-refractivity contribution in [2.24, 2.45) is 5.73 Å². The summed E-state index contributed by atoms with van der Waals surface area (Å²) in [5.74, 6) is -0.151. The molecular weight excluding hydrogens is 282 g/mol. The molecule has 1 aromatic heterocycles. The van der Waals surface area contributed by atoms with E-state index >= 15 is 0 Å². The van der Waals surface area contributed by atoms with Crippen molar-refractivity contribution in [3.05, 3.63) is 35.5 Å². The molecule has 2 N–H and O–H groups in total. The smallest absolute Gasteiger partial charge is 0.255 e. The van der Waals surface area contributed by atoms with Gasteiger partial charge in [-0.15, -0.1) is 0 Å². The molecule has 1 heterocycles. The van der Waals surface area contributed by atoms with Crippen LogP contribution in [-0.2, 0) is 4.79 Å². The highest BCUT2D eigenvalue weighted by Crippen LogP contribution is 2.24. The summed E-state index contributed by atoms with van der Waals surface area (Å²) in [6.07, 6.45) is 0. The van der Waals surface area contributed by atoms with E-state index in [-0.39, 0.29) is 5.91 Å². The Labute approximate surface area is 128 Å². The lowest BCUT2D eigenvalue weighted by atomic mass is 10.1. The Balaban J connectivity index is 2.55. The number of fused-ring (bicyclic) bond motifs is 1. The van der Waals surface area contributed by atoms with Crippen molar-refractivity contribution in [2.75, 3.05) is 14.2 Å². The lowest BCUT2D eigenvalue weighted by Crippen LogP contribution is -2.43. The molecule has 116 valence electrons. The number of carbonyl (C=O) groups excluding carboxylic acids is 2. The summed E-state index contributed by atoms with van der Waals surface area (Å²) in [5, 5.41) is 0.708. The number of hydrogen-bond donors (Lipinski definition) is 1. The van der Waals surface area contributed by atoms with E-state index in [4.69, 9.17) is 10.5 Å². The highest BCUT2D eigenvalue weighted by Gasteiger charge is 2.23. The maximum atomic E-state index is 12.7. The topological polar surface area (TPSA) is 85.5 Å². The number of pyridine rings is 1. The highest BCUT2D eigenvalue weighted by molar-refractivity contribution is 6.07. The molecule has 0 aliphatic carbocycles. The monoisotopic (exact) mass is 301 g/mol. The molecule has 0 bridgehead atoms. The first-order valence-corrected chi connectivity index (χ1v) is 6.87. The third-order valence-electron chi connectivity index (χ3n) is 3.69. The van der Waals surface area contributed by atoms with Crippen LogP contribution >= 0.6 is 0 Å². The Bertz CT molecular complexity index is 743. The molecule has 1 aromatic carbocycles. The third-order valence-corrected chi connectivity index (χ3v) is 3.69. The second-order valence-corrected chi connectivity index (χ2v) is 5.19. The summed E-state index contributed by atoms with van der Waals surface area (Å²) >= 11 is 0. The molecule has 6 heteroatoms. The fourth-order valence-corrected chi connectivity index (χ4v) is 2.20. The van der Waals surface area contributed by atoms with Gasteiger partial charge in [-0.2, -0.15) is 0 Å². The van der Waals surface area contributed by atoms with Crippen LogP contribution in [-0.4, -0.2) is 41.9 Å². The molecule has 0 radical (unpaired) electrons. The second kappa shape index (κ2) is 6.01. The maximum absolute atomic E-state index is 12.7. The Morgan fingerprint density at radius 3 is 2.59 bits per heavy atom. The molecule has 2 rings (SSSR count). The van der Waals surface area contributed by atoms with Crippen LogP contribution in [0, 0.1) is 6.92 Å². The molecule has 0 saturated heterocycles. The Morgan fingerprint density at radius 2 is 2.00 bits per heavy atom. The van der Waals surface area contributed by atoms with Crippen LogP contribution in [0.25, 0.3) is 10.9 Å². The summed E-state index contributed by atoms with van der Waals surface area (Å²) in [4.78, 5) is 29.7. The molecule has 0 unspecified atom stereocenters. The lowest BCUT2D eigenvalue weighted by Gasteiger charge is -2.23. The predicted molar refractivity (Wildman–Crippen MR) is 83.8 cm³/mol. The number of nitrogens with zero attached hydrogens (tertiary/aromatic N) is 2. The van der Waals surface area contributed by atoms with Crippen molar-refractivity contribution in [3.63, 3.8) is 0 Å². The first-order valence-electron chi connectivity index (χ1n) is 6.87. The summed E-state index contributed by atoms with van der Waals surface area (Å²) in [6.45, 7) is 3.41. The van der Waals surface area contributed by atoms with Crippen molar-refractivity contribution in [1.82, 2.24) is 9.88 Å². The van der Waals surface area contributed by atoms with Crippen molar-refractivity contribution in [3.8, 4) is 5.75 Å². The SMILES string of the molecule is COc1ccc2c(C(=O)N(C)[C@@H](C)C(N)=O)cc(C)nc2c1. The summed E-state index contributed by atoms with van der Waals surface area (Å²) in [6, 6.07) is 6.36. The van der Waals surface area contributed by atoms with Crippen LogP contribution in [0.2, 0.25) is 0 Å². The van der Waals surface area contributed by atoms with Gasteiger partial charge in [-0.3, -0.25) is 14.6 Å². The molecule has 22 heavy (non-hydrogen) atoms. The number of primary amides is 1. The van der Waals surface area contributed by atoms with Gasteiger partial charge in [0.1, 0.15) is 11.8 Å². The van der Waals surface area contributed by atoms with Crippen LogP contribution in [0.15, 0.2) is 24.3 Å². The molecule has 2 amide bonds. The van der Waals surface area contributed by atoms with E-state index in [0.29, 0.717) is 27.9 Å². The van der Waals surface area contributed by atoms with Gasteiger partial charge in [0.05, 0.1) is 18.2 Å². The number of aromatic nitrogens is 1. The number of aryl methyl sites for hydroxylation is 1. The van der Waals surface area contributed by atoms with Gasteiger partial charge in [0.15, 0.2) is 0 Å². The van der Waals surface area contributed by atoms with Gasteiger partial charge in [0, 0.05) is 24.2 Å². The number of hydrogen-bond acceptors (Lipinski definition) is 4. The summed E-state index contributed by atoms with van der Waals surface area (Å²) < 4.78 is 5.18. The average molecular weight is 301 g/mol. The van der Waals surface area contributed by atoms with Crippen molar-refractivity contribution in [2.45, 2.75) is 19.9 Å². The van der Waals surface area contributed by atoms with Crippen molar-refractivity contribution in [1.29, 1.82) is 0 Å². The molecule has 0 saturated carbocycles. The van der Waals surface area contributed by atoms with E-state index in [1.54, 1.807) is 45.3 Å². The van der Waals surface area contributed by atoms with Gasteiger partial charge in [-0.1, -0.05) is 0 Å². The van der Waals surface area contributed by atoms with Crippen molar-refractivity contribution >= 4 is 22.7 Å². The first kappa shape index (κ1) is 15.8. The van der Waals surface area contributed by atoms with Crippen LogP contribution < -0.4 is 10.5 Å². The molecule has 2 aromatic rings. The zero-order valence-electron chi connectivity index (χ0n) is 13.1. The number of amides is 2. The van der Waals surface area contributed by atoms with Gasteiger partial charge in [-0.05, 0) is 32.0 Å². The number of likely N-dealkylation sites (N-methyl/N-ethyl adjacent to an activating group) is 1. The zero-order valence-corrected chi connectivity index (χ0v) is 13.1. The zero-order chi connectivity index (χ0) is 16.4. The van der Waals surface area contributed by atoms with E-state index in [1.165, 1.54) is 4.90 Å². The van der Waals surface area contributed by atoms with E-state index in [1.807, 2.05) is 6.92 Å². The average Bonchev–Trinajstić information content (AvgIpc) is 2.50. The molecule has 0 aliphatic heterocycles. The minimum Gasteiger partial charge on any atom is -0.497 e. The summed E-state index contributed by atoms with van der Waals surface area (Å²) in [5.41, 5.74) is 7.14. The normalized spacial score (nSPS) is 12.0. The fraction of sp³-hybridized carbons (Fsp3) is 0.312. The van der Waals surface area contributed by atoms with Gasteiger partial charge in [0.2, 0.25) is 5.91 Å². The standard InChI is InChI=1S/C16H19N3O3/c1-9-7-13(16(21)19(3)10(2)15(17)20)12-6-5-11(22-4)8-14(12)18-9/h5-8,10H,1-4H3,(H2,17,20)/t10-/m0/s1. The Morgan fingerprint density at radius 1 is 1.32 bits per heavy atom. The van der Waals surface area contributed by atoms with Gasteiger partial charge < -0.3 is 15.4 Å². The minimum absolute atomic E-state index is 0.271. The van der Waals surface area contributed by atoms with Crippen LogP contribution in [0.1, 0.15) is 23.0 Å². The number of nitrogens with two attached hydrogens (primary N) is 1. The number of rotatable bonds is 4. The first-order chi connectivity index (χ1) is 10.3. The molecule has 0 fully saturated rings. The van der Waals surface area contributed by atoms with Crippen LogP contribution in [0.5, 0.6) is 5.75 Å². The number of ether oxygens (including phenoxy) is 1. The van der Waals surface area contributed by atoms with E-state index < -0.39 is 11.9 Å². The number of benzene rings is 1. The maximum Gasteiger partial charge on any atom is 0.255 e. The van der Waals surface area contributed by atoms with Crippen molar-refractivity contribution < 1.29 is 14.3 Å². The van der Waals surface area contributed by atoms with E-state index in [0.717, 1.165) is 0 Å². The van der Waals surface area contributed by atoms with Crippen LogP contribution in [0.3, 0.4) is 0 Å². The molecule has 0 spiro atoms. The second-order valence-electron chi connectivity index (χ2n) is 5.19. The predicted octanol–water partition coefficient (Wildman–Crippen LogP) is 1.50. The van der Waals surface area contributed by atoms with Gasteiger partial charge in [-0.25, -0.2) is 0 Å². The fourth-order valence-electron chi connectivity index (χ4n) is 2.20. The van der Waals surface area contributed by atoms with E-state index in [2.05, 4.69) is 4.98 Å². The van der Waals surface area contributed by atoms with E-state index in [9.17, 15) is 9.59 Å². The quantitative estimate of drug-likeness (QED) is 0.927. The van der Waals surface area contributed by atoms with Crippen LogP contribution in [0.4, 0.5) is 0 Å². The molecular formula is C16H19N3O3. The molecule has 6 nitrogen and oxygen atoms in total. The Hall–Kier alpha value is -2.63.